The van der Waals surface area contributed by atoms with Gasteiger partial charge in [-0.25, -0.2) is 5.43 Å². The number of amidine groups is 1. The summed E-state index contributed by atoms with van der Waals surface area (Å²) in [6.07, 6.45) is 5.55. The van der Waals surface area contributed by atoms with Crippen molar-refractivity contribution < 1.29 is 4.79 Å². The van der Waals surface area contributed by atoms with Crippen molar-refractivity contribution in [1.82, 2.24) is 10.9 Å². The van der Waals surface area contributed by atoms with E-state index in [1.54, 1.807) is 0 Å². The van der Waals surface area contributed by atoms with Crippen LogP contribution in [0.5, 0.6) is 0 Å². The number of ketones is 1. The monoisotopic (exact) mass is 191 g/mol. The van der Waals surface area contributed by atoms with Crippen LogP contribution >= 0.6 is 0 Å². The molecule has 74 valence electrons. The molecule has 1 aliphatic carbocycles. The van der Waals surface area contributed by atoms with E-state index in [4.69, 9.17) is 0 Å². The van der Waals surface area contributed by atoms with Crippen LogP contribution in [0.1, 0.15) is 12.8 Å². The lowest BCUT2D eigenvalue weighted by Gasteiger charge is -2.30. The van der Waals surface area contributed by atoms with Crippen LogP contribution in [0.2, 0.25) is 0 Å². The van der Waals surface area contributed by atoms with Gasteiger partial charge in [-0.3, -0.25) is 9.79 Å². The summed E-state index contributed by atoms with van der Waals surface area (Å²) in [5.74, 6) is 1.94. The fourth-order valence-corrected chi connectivity index (χ4v) is 2.47. The fraction of sp³-hybridized carbons (Fsp3) is 0.600. The number of hydrogen-bond acceptors (Lipinski definition) is 4. The minimum atomic E-state index is 0.0925. The second-order valence-electron chi connectivity index (χ2n) is 4.15. The van der Waals surface area contributed by atoms with Gasteiger partial charge < -0.3 is 5.43 Å². The summed E-state index contributed by atoms with van der Waals surface area (Å²) in [5.41, 5.74) is 6.13. The molecule has 0 amide bonds. The molecule has 0 radical (unpaired) electrons. The van der Waals surface area contributed by atoms with Gasteiger partial charge in [0.05, 0.1) is 6.04 Å². The Hall–Kier alpha value is -1.16. The molecule has 3 rings (SSSR count). The lowest BCUT2D eigenvalue weighted by Crippen LogP contribution is -2.39. The van der Waals surface area contributed by atoms with Gasteiger partial charge in [0.25, 0.3) is 0 Å². The molecule has 0 bridgehead atoms. The highest BCUT2D eigenvalue weighted by Crippen LogP contribution is 2.30. The van der Waals surface area contributed by atoms with E-state index in [0.29, 0.717) is 18.1 Å². The van der Waals surface area contributed by atoms with Gasteiger partial charge in [-0.05, 0) is 6.42 Å². The van der Waals surface area contributed by atoms with Gasteiger partial charge in [0, 0.05) is 24.8 Å². The van der Waals surface area contributed by atoms with E-state index in [1.807, 2.05) is 6.08 Å². The van der Waals surface area contributed by atoms with Crippen LogP contribution in [0, 0.1) is 11.8 Å². The molecule has 3 atom stereocenters. The van der Waals surface area contributed by atoms with Gasteiger partial charge in [-0.1, -0.05) is 12.2 Å². The third-order valence-electron chi connectivity index (χ3n) is 3.26. The standard InChI is InChI=1S/C10H13N3O/c14-9-3-1-2-8-7(9)4-6-5-11-13-10(6)12-8/h1-2,6-8,11H,3-5H2,(H,12,13). The van der Waals surface area contributed by atoms with Crippen molar-refractivity contribution in [1.29, 1.82) is 0 Å². The minimum Gasteiger partial charge on any atom is -0.309 e. The van der Waals surface area contributed by atoms with Crippen LogP contribution in [0.15, 0.2) is 17.1 Å². The van der Waals surface area contributed by atoms with Gasteiger partial charge in [0.1, 0.15) is 11.6 Å². The highest BCUT2D eigenvalue weighted by Gasteiger charge is 2.38. The SMILES string of the molecule is O=C1CC=CC2N=C3NNCC3CC12. The maximum absolute atomic E-state index is 11.7. The molecule has 0 spiro atoms. The second-order valence-corrected chi connectivity index (χ2v) is 4.15. The Morgan fingerprint density at radius 3 is 3.36 bits per heavy atom. The number of carbonyl (C=O) groups excluding carboxylic acids is 1. The molecule has 0 saturated carbocycles. The third-order valence-corrected chi connectivity index (χ3v) is 3.26. The number of fused-ring (bicyclic) bond motifs is 2. The van der Waals surface area contributed by atoms with Gasteiger partial charge in [0.2, 0.25) is 0 Å². The van der Waals surface area contributed by atoms with Crippen molar-refractivity contribution in [2.75, 3.05) is 6.54 Å². The van der Waals surface area contributed by atoms with E-state index >= 15 is 0 Å². The zero-order valence-electron chi connectivity index (χ0n) is 7.86. The molecular weight excluding hydrogens is 178 g/mol. The molecule has 2 N–H and O–H groups in total. The van der Waals surface area contributed by atoms with Crippen molar-refractivity contribution in [2.24, 2.45) is 16.8 Å². The number of hydrazine groups is 1. The molecular formula is C10H13N3O. The average Bonchev–Trinajstić information content (AvgIpc) is 2.62. The first kappa shape index (κ1) is 8.17. The second kappa shape index (κ2) is 2.92. The molecule has 0 aromatic carbocycles. The highest BCUT2D eigenvalue weighted by atomic mass is 16.1. The zero-order valence-corrected chi connectivity index (χ0v) is 7.86. The fourth-order valence-electron chi connectivity index (χ4n) is 2.47. The first-order chi connectivity index (χ1) is 6.84. The van der Waals surface area contributed by atoms with Crippen molar-refractivity contribution in [2.45, 2.75) is 18.9 Å². The zero-order chi connectivity index (χ0) is 9.54. The average molecular weight is 191 g/mol. The molecule has 1 fully saturated rings. The van der Waals surface area contributed by atoms with E-state index in [9.17, 15) is 4.79 Å². The summed E-state index contributed by atoms with van der Waals surface area (Å²) >= 11 is 0. The number of carbonyl (C=O) groups is 1. The van der Waals surface area contributed by atoms with Crippen LogP contribution in [0.25, 0.3) is 0 Å². The van der Waals surface area contributed by atoms with Crippen LogP contribution in [0.4, 0.5) is 0 Å². The topological polar surface area (TPSA) is 53.5 Å². The van der Waals surface area contributed by atoms with Crippen molar-refractivity contribution in [3.63, 3.8) is 0 Å². The number of rotatable bonds is 0. The Morgan fingerprint density at radius 2 is 2.43 bits per heavy atom. The van der Waals surface area contributed by atoms with Crippen LogP contribution in [-0.2, 0) is 4.79 Å². The maximum atomic E-state index is 11.7. The summed E-state index contributed by atoms with van der Waals surface area (Å²) in [6, 6.07) is 0.0925. The number of nitrogens with zero attached hydrogens (tertiary/aromatic N) is 1. The maximum Gasteiger partial charge on any atom is 0.142 e. The Balaban J connectivity index is 1.94. The summed E-state index contributed by atoms with van der Waals surface area (Å²) in [7, 11) is 0. The summed E-state index contributed by atoms with van der Waals surface area (Å²) < 4.78 is 0. The molecule has 4 heteroatoms. The Kier molecular flexibility index (Phi) is 1.70. The van der Waals surface area contributed by atoms with Crippen molar-refractivity contribution in [3.05, 3.63) is 12.2 Å². The van der Waals surface area contributed by atoms with Crippen LogP contribution in [0.3, 0.4) is 0 Å². The van der Waals surface area contributed by atoms with E-state index < -0.39 is 0 Å². The Morgan fingerprint density at radius 1 is 1.50 bits per heavy atom. The third kappa shape index (κ3) is 1.10. The molecule has 0 aromatic rings. The Bertz CT molecular complexity index is 334. The number of aliphatic imine (C=N–C) groups is 1. The number of hydrogen-bond donors (Lipinski definition) is 2. The van der Waals surface area contributed by atoms with Crippen molar-refractivity contribution >= 4 is 11.6 Å². The molecule has 14 heavy (non-hydrogen) atoms. The summed E-state index contributed by atoms with van der Waals surface area (Å²) in [5, 5.41) is 0. The van der Waals surface area contributed by atoms with E-state index in [-0.39, 0.29) is 12.0 Å². The number of nitrogens with one attached hydrogen (secondary N) is 2. The van der Waals surface area contributed by atoms with E-state index in [1.165, 1.54) is 0 Å². The normalized spacial score (nSPS) is 39.9. The van der Waals surface area contributed by atoms with Gasteiger partial charge in [0.15, 0.2) is 0 Å². The highest BCUT2D eigenvalue weighted by molar-refractivity contribution is 5.91. The molecule has 2 aliphatic heterocycles. The molecule has 1 saturated heterocycles. The number of allylic oxidation sites excluding steroid dienone is 1. The smallest absolute Gasteiger partial charge is 0.142 e. The molecule has 3 unspecified atom stereocenters. The van der Waals surface area contributed by atoms with Gasteiger partial charge in [-0.2, -0.15) is 0 Å². The summed E-state index contributed by atoms with van der Waals surface area (Å²) in [4.78, 5) is 16.2. The number of Topliss-reactive ketones (excluding diaryl/α,β-unsaturated/α-hetero) is 1. The predicted octanol–water partition coefficient (Wildman–Crippen LogP) is 0.0264. The first-order valence-electron chi connectivity index (χ1n) is 5.10. The molecule has 4 nitrogen and oxygen atoms in total. The first-order valence-corrected chi connectivity index (χ1v) is 5.10. The molecule has 2 heterocycles. The molecule has 0 aromatic heterocycles. The van der Waals surface area contributed by atoms with Crippen LogP contribution < -0.4 is 10.9 Å². The predicted molar refractivity (Wildman–Crippen MR) is 52.7 cm³/mol. The van der Waals surface area contributed by atoms with E-state index in [2.05, 4.69) is 21.9 Å². The van der Waals surface area contributed by atoms with Crippen molar-refractivity contribution in [3.8, 4) is 0 Å². The van der Waals surface area contributed by atoms with Gasteiger partial charge >= 0.3 is 0 Å². The largest absolute Gasteiger partial charge is 0.309 e. The Labute approximate surface area is 82.4 Å². The molecule has 3 aliphatic rings. The van der Waals surface area contributed by atoms with Crippen LogP contribution in [-0.4, -0.2) is 24.2 Å². The summed E-state index contributed by atoms with van der Waals surface area (Å²) in [6.45, 7) is 0.902. The lowest BCUT2D eigenvalue weighted by molar-refractivity contribution is -0.123. The van der Waals surface area contributed by atoms with Gasteiger partial charge in [-0.15, -0.1) is 0 Å². The minimum absolute atomic E-state index is 0.0925. The lowest BCUT2D eigenvalue weighted by atomic mass is 9.79. The quantitative estimate of drug-likeness (QED) is 0.531. The van der Waals surface area contributed by atoms with E-state index in [0.717, 1.165) is 18.8 Å².